The third-order valence-electron chi connectivity index (χ3n) is 3.35. The Kier molecular flexibility index (Phi) is 3.50. The average molecular weight is 231 g/mol. The number of hydrogen-bond donors (Lipinski definition) is 2. The van der Waals surface area contributed by atoms with Gasteiger partial charge in [0.25, 0.3) is 0 Å². The summed E-state index contributed by atoms with van der Waals surface area (Å²) in [5.41, 5.74) is -1.08. The van der Waals surface area contributed by atoms with Crippen molar-refractivity contribution in [1.29, 1.82) is 0 Å². The van der Waals surface area contributed by atoms with Gasteiger partial charge < -0.3 is 14.9 Å². The Morgan fingerprint density at radius 3 is 2.56 bits per heavy atom. The van der Waals surface area contributed by atoms with Gasteiger partial charge in [-0.1, -0.05) is 13.8 Å². The van der Waals surface area contributed by atoms with E-state index in [2.05, 4.69) is 0 Å². The Balaban J connectivity index is 2.93. The van der Waals surface area contributed by atoms with Gasteiger partial charge in [0.1, 0.15) is 5.72 Å². The van der Waals surface area contributed by atoms with Crippen LogP contribution in [0.25, 0.3) is 0 Å². The van der Waals surface area contributed by atoms with Crippen molar-refractivity contribution in [1.82, 2.24) is 4.90 Å². The van der Waals surface area contributed by atoms with E-state index in [9.17, 15) is 9.90 Å². The van der Waals surface area contributed by atoms with Gasteiger partial charge in [0, 0.05) is 6.61 Å². The average Bonchev–Trinajstić information content (AvgIpc) is 2.41. The molecule has 5 nitrogen and oxygen atoms in total. The molecule has 0 aromatic rings. The summed E-state index contributed by atoms with van der Waals surface area (Å²) < 4.78 is 5.52. The number of amides is 1. The zero-order valence-electron chi connectivity index (χ0n) is 10.4. The third-order valence-corrected chi connectivity index (χ3v) is 3.35. The lowest BCUT2D eigenvalue weighted by molar-refractivity contribution is -0.0464. The maximum absolute atomic E-state index is 11.3. The number of aliphatic hydroxyl groups is 1. The monoisotopic (exact) mass is 231 g/mol. The molecule has 1 heterocycles. The van der Waals surface area contributed by atoms with Crippen molar-refractivity contribution < 1.29 is 19.7 Å². The van der Waals surface area contributed by atoms with E-state index in [4.69, 9.17) is 9.84 Å². The first kappa shape index (κ1) is 13.3. The third kappa shape index (κ3) is 2.30. The fourth-order valence-corrected chi connectivity index (χ4v) is 2.20. The standard InChI is InChI=1S/C11H21NO4/c1-10(2,5-6-13)8-7-16-11(3,4)12(8)9(14)15/h8,13H,5-7H2,1-4H3,(H,14,15). The van der Waals surface area contributed by atoms with Gasteiger partial charge in [-0.05, 0) is 25.7 Å². The van der Waals surface area contributed by atoms with Crippen molar-refractivity contribution in [3.05, 3.63) is 0 Å². The fraction of sp³-hybridized carbons (Fsp3) is 0.909. The summed E-state index contributed by atoms with van der Waals surface area (Å²) in [6.45, 7) is 7.83. The zero-order chi connectivity index (χ0) is 12.6. The summed E-state index contributed by atoms with van der Waals surface area (Å²) >= 11 is 0. The molecule has 0 bridgehead atoms. The molecule has 0 aromatic heterocycles. The second kappa shape index (κ2) is 4.22. The topological polar surface area (TPSA) is 70.0 Å². The van der Waals surface area contributed by atoms with Gasteiger partial charge in [-0.15, -0.1) is 0 Å². The normalized spacial score (nSPS) is 24.8. The summed E-state index contributed by atoms with van der Waals surface area (Å²) in [6.07, 6.45) is -0.417. The highest BCUT2D eigenvalue weighted by atomic mass is 16.5. The Bertz CT molecular complexity index is 275. The molecule has 1 saturated heterocycles. The lowest BCUT2D eigenvalue weighted by Gasteiger charge is -2.38. The van der Waals surface area contributed by atoms with Gasteiger partial charge in [0.15, 0.2) is 0 Å². The van der Waals surface area contributed by atoms with Crippen LogP contribution in [0.15, 0.2) is 0 Å². The molecule has 1 aliphatic heterocycles. The highest BCUT2D eigenvalue weighted by Gasteiger charge is 2.49. The lowest BCUT2D eigenvalue weighted by atomic mass is 9.81. The van der Waals surface area contributed by atoms with Crippen molar-refractivity contribution >= 4 is 6.09 Å². The molecule has 0 radical (unpaired) electrons. The molecule has 16 heavy (non-hydrogen) atoms. The van der Waals surface area contributed by atoms with Gasteiger partial charge in [0.05, 0.1) is 12.6 Å². The van der Waals surface area contributed by atoms with Crippen molar-refractivity contribution in [2.45, 2.75) is 45.9 Å². The highest BCUT2D eigenvalue weighted by molar-refractivity contribution is 5.66. The molecular weight excluding hydrogens is 210 g/mol. The number of ether oxygens (including phenoxy) is 1. The van der Waals surface area contributed by atoms with Gasteiger partial charge in [-0.3, -0.25) is 4.90 Å². The summed E-state index contributed by atoms with van der Waals surface area (Å²) in [6, 6.07) is -0.216. The van der Waals surface area contributed by atoms with Gasteiger partial charge in [0.2, 0.25) is 0 Å². The smallest absolute Gasteiger partial charge is 0.409 e. The minimum atomic E-state index is -0.974. The van der Waals surface area contributed by atoms with E-state index < -0.39 is 11.8 Å². The van der Waals surface area contributed by atoms with E-state index in [1.807, 2.05) is 13.8 Å². The van der Waals surface area contributed by atoms with Crippen LogP contribution >= 0.6 is 0 Å². The van der Waals surface area contributed by atoms with E-state index in [1.165, 1.54) is 4.90 Å². The minimum absolute atomic E-state index is 0.0530. The number of aliphatic hydroxyl groups excluding tert-OH is 1. The van der Waals surface area contributed by atoms with Crippen molar-refractivity contribution in [2.75, 3.05) is 13.2 Å². The van der Waals surface area contributed by atoms with Crippen LogP contribution in [0.5, 0.6) is 0 Å². The van der Waals surface area contributed by atoms with Gasteiger partial charge >= 0.3 is 6.09 Å². The van der Waals surface area contributed by atoms with Crippen LogP contribution < -0.4 is 0 Å². The predicted molar refractivity (Wildman–Crippen MR) is 59.2 cm³/mol. The molecule has 0 aliphatic carbocycles. The first-order chi connectivity index (χ1) is 7.22. The molecular formula is C11H21NO4. The molecule has 94 valence electrons. The quantitative estimate of drug-likeness (QED) is 0.772. The van der Waals surface area contributed by atoms with Crippen LogP contribution in [-0.4, -0.2) is 46.2 Å². The molecule has 1 aliphatic rings. The summed E-state index contributed by atoms with van der Waals surface area (Å²) in [5.74, 6) is 0. The van der Waals surface area contributed by atoms with Crippen LogP contribution in [0, 0.1) is 5.41 Å². The minimum Gasteiger partial charge on any atom is -0.465 e. The number of hydrogen-bond acceptors (Lipinski definition) is 3. The highest BCUT2D eigenvalue weighted by Crippen LogP contribution is 2.38. The van der Waals surface area contributed by atoms with E-state index in [0.29, 0.717) is 13.0 Å². The summed E-state index contributed by atoms with van der Waals surface area (Å²) in [5, 5.41) is 18.2. The fourth-order valence-electron chi connectivity index (χ4n) is 2.20. The molecule has 1 fully saturated rings. The van der Waals surface area contributed by atoms with Gasteiger partial charge in [-0.25, -0.2) is 4.79 Å². The predicted octanol–water partition coefficient (Wildman–Crippen LogP) is 1.51. The van der Waals surface area contributed by atoms with E-state index in [1.54, 1.807) is 13.8 Å². The van der Waals surface area contributed by atoms with E-state index >= 15 is 0 Å². The summed E-state index contributed by atoms with van der Waals surface area (Å²) in [7, 11) is 0. The van der Waals surface area contributed by atoms with Crippen LogP contribution in [0.3, 0.4) is 0 Å². The second-order valence-electron chi connectivity index (χ2n) is 5.39. The molecule has 1 unspecified atom stereocenters. The SMILES string of the molecule is CC(C)(CCO)C1COC(C)(C)N1C(=O)O. The maximum Gasteiger partial charge on any atom is 0.409 e. The first-order valence-corrected chi connectivity index (χ1v) is 5.49. The molecule has 0 spiro atoms. The Morgan fingerprint density at radius 2 is 2.12 bits per heavy atom. The first-order valence-electron chi connectivity index (χ1n) is 5.49. The van der Waals surface area contributed by atoms with Crippen molar-refractivity contribution in [2.24, 2.45) is 5.41 Å². The van der Waals surface area contributed by atoms with Crippen LogP contribution in [0.1, 0.15) is 34.1 Å². The maximum atomic E-state index is 11.3. The molecule has 0 aromatic carbocycles. The Morgan fingerprint density at radius 1 is 1.56 bits per heavy atom. The van der Waals surface area contributed by atoms with E-state index in [-0.39, 0.29) is 18.1 Å². The zero-order valence-corrected chi connectivity index (χ0v) is 10.4. The molecule has 1 atom stereocenters. The number of rotatable bonds is 3. The van der Waals surface area contributed by atoms with E-state index in [0.717, 1.165) is 0 Å². The van der Waals surface area contributed by atoms with Crippen LogP contribution in [0.4, 0.5) is 4.79 Å². The molecule has 1 amide bonds. The Labute approximate surface area is 96.0 Å². The number of carboxylic acid groups (broad SMARTS) is 1. The largest absolute Gasteiger partial charge is 0.465 e. The molecule has 0 saturated carbocycles. The summed E-state index contributed by atoms with van der Waals surface area (Å²) in [4.78, 5) is 12.6. The lowest BCUT2D eigenvalue weighted by Crippen LogP contribution is -2.52. The molecule has 2 N–H and O–H groups in total. The van der Waals surface area contributed by atoms with Crippen molar-refractivity contribution in [3.63, 3.8) is 0 Å². The number of carbonyl (C=O) groups is 1. The Hall–Kier alpha value is -0.810. The molecule has 1 rings (SSSR count). The second-order valence-corrected chi connectivity index (χ2v) is 5.39. The number of nitrogens with zero attached hydrogens (tertiary/aromatic N) is 1. The van der Waals surface area contributed by atoms with Crippen LogP contribution in [0.2, 0.25) is 0 Å². The van der Waals surface area contributed by atoms with Crippen molar-refractivity contribution in [3.8, 4) is 0 Å². The van der Waals surface area contributed by atoms with Gasteiger partial charge in [-0.2, -0.15) is 0 Å². The molecule has 5 heteroatoms. The van der Waals surface area contributed by atoms with Crippen LogP contribution in [-0.2, 0) is 4.74 Å².